The number of benzene rings is 2. The van der Waals surface area contributed by atoms with Gasteiger partial charge in [0, 0.05) is 24.3 Å². The van der Waals surface area contributed by atoms with Gasteiger partial charge in [0.1, 0.15) is 5.75 Å². The number of likely N-dealkylation sites (tertiary alicyclic amines) is 1. The number of hydrogen-bond donors (Lipinski definition) is 1. The molecule has 1 heterocycles. The number of piperidine rings is 1. The van der Waals surface area contributed by atoms with Crippen LogP contribution in [0.25, 0.3) is 0 Å². The number of ether oxygens (including phenoxy) is 1. The van der Waals surface area contributed by atoms with Crippen molar-refractivity contribution in [2.24, 2.45) is 5.92 Å². The molecule has 1 unspecified atom stereocenters. The van der Waals surface area contributed by atoms with Crippen LogP contribution in [0.2, 0.25) is 0 Å². The molecule has 1 amide bonds. The Morgan fingerprint density at radius 2 is 1.96 bits per heavy atom. The Bertz CT molecular complexity index is 926. The number of sulfonamides is 1. The van der Waals surface area contributed by atoms with E-state index in [-0.39, 0.29) is 10.8 Å². The quantitative estimate of drug-likeness (QED) is 0.798. The smallest absolute Gasteiger partial charge is 0.261 e. The molecule has 1 aliphatic rings. The van der Waals surface area contributed by atoms with Crippen molar-refractivity contribution in [1.29, 1.82) is 0 Å². The minimum absolute atomic E-state index is 0.0614. The van der Waals surface area contributed by atoms with Gasteiger partial charge in [0.05, 0.1) is 11.5 Å². The molecule has 1 saturated heterocycles. The largest absolute Gasteiger partial charge is 0.494 e. The van der Waals surface area contributed by atoms with Gasteiger partial charge in [-0.3, -0.25) is 9.52 Å². The van der Waals surface area contributed by atoms with E-state index in [0.717, 1.165) is 25.9 Å². The molecule has 0 radical (unpaired) electrons. The van der Waals surface area contributed by atoms with E-state index in [4.69, 9.17) is 4.74 Å². The second-order valence-corrected chi connectivity index (χ2v) is 8.77. The van der Waals surface area contributed by atoms with E-state index < -0.39 is 10.0 Å². The molecule has 2 aromatic carbocycles. The number of amides is 1. The molecule has 0 spiro atoms. The van der Waals surface area contributed by atoms with Crippen molar-refractivity contribution in [2.75, 3.05) is 24.4 Å². The van der Waals surface area contributed by atoms with Crippen LogP contribution in [0.15, 0.2) is 53.4 Å². The van der Waals surface area contributed by atoms with Crippen molar-refractivity contribution in [1.82, 2.24) is 4.90 Å². The van der Waals surface area contributed by atoms with Gasteiger partial charge in [-0.05, 0) is 68.1 Å². The van der Waals surface area contributed by atoms with E-state index >= 15 is 0 Å². The van der Waals surface area contributed by atoms with Crippen molar-refractivity contribution >= 4 is 21.6 Å². The number of carbonyl (C=O) groups excluding carboxylic acids is 1. The van der Waals surface area contributed by atoms with Gasteiger partial charge in [0.25, 0.3) is 15.9 Å². The highest BCUT2D eigenvalue weighted by Crippen LogP contribution is 2.22. The molecule has 0 aliphatic carbocycles. The first-order chi connectivity index (χ1) is 13.4. The lowest BCUT2D eigenvalue weighted by Crippen LogP contribution is -2.39. The minimum Gasteiger partial charge on any atom is -0.494 e. The average molecular weight is 403 g/mol. The van der Waals surface area contributed by atoms with Gasteiger partial charge < -0.3 is 9.64 Å². The average Bonchev–Trinajstić information content (AvgIpc) is 2.68. The first-order valence-corrected chi connectivity index (χ1v) is 11.0. The molecule has 28 heavy (non-hydrogen) atoms. The molecule has 0 bridgehead atoms. The Hall–Kier alpha value is -2.54. The minimum atomic E-state index is -3.75. The number of hydrogen-bond acceptors (Lipinski definition) is 4. The summed E-state index contributed by atoms with van der Waals surface area (Å²) in [5.41, 5.74) is 0.853. The second-order valence-electron chi connectivity index (χ2n) is 7.09. The lowest BCUT2D eigenvalue weighted by molar-refractivity contribution is 0.0683. The third-order valence-corrected chi connectivity index (χ3v) is 6.15. The number of nitrogens with one attached hydrogen (secondary N) is 1. The highest BCUT2D eigenvalue weighted by Gasteiger charge is 2.22. The molecule has 1 atom stereocenters. The van der Waals surface area contributed by atoms with Gasteiger partial charge in [0.15, 0.2) is 0 Å². The summed E-state index contributed by atoms with van der Waals surface area (Å²) in [6.45, 7) is 6.00. The normalized spacial score (nSPS) is 17.2. The second kappa shape index (κ2) is 8.65. The summed E-state index contributed by atoms with van der Waals surface area (Å²) < 4.78 is 33.2. The van der Waals surface area contributed by atoms with Gasteiger partial charge in [-0.15, -0.1) is 0 Å². The first kappa shape index (κ1) is 20.2. The fraction of sp³-hybridized carbons (Fsp3) is 0.381. The number of rotatable bonds is 6. The van der Waals surface area contributed by atoms with Crippen LogP contribution in [0.3, 0.4) is 0 Å². The molecule has 0 aromatic heterocycles. The monoisotopic (exact) mass is 402 g/mol. The van der Waals surface area contributed by atoms with Crippen LogP contribution < -0.4 is 9.46 Å². The summed E-state index contributed by atoms with van der Waals surface area (Å²) in [5, 5.41) is 0. The summed E-state index contributed by atoms with van der Waals surface area (Å²) in [5.74, 6) is 1.04. The highest BCUT2D eigenvalue weighted by molar-refractivity contribution is 7.92. The molecule has 3 rings (SSSR count). The third kappa shape index (κ3) is 4.84. The van der Waals surface area contributed by atoms with Crippen LogP contribution in [-0.4, -0.2) is 38.9 Å². The Kier molecular flexibility index (Phi) is 6.24. The zero-order chi connectivity index (χ0) is 20.1. The Morgan fingerprint density at radius 1 is 1.21 bits per heavy atom. The molecule has 150 valence electrons. The summed E-state index contributed by atoms with van der Waals surface area (Å²) in [7, 11) is -3.75. The predicted molar refractivity (Wildman–Crippen MR) is 109 cm³/mol. The lowest BCUT2D eigenvalue weighted by Gasteiger charge is -2.31. The van der Waals surface area contributed by atoms with Gasteiger partial charge >= 0.3 is 0 Å². The van der Waals surface area contributed by atoms with Crippen LogP contribution in [0.5, 0.6) is 5.75 Å². The van der Waals surface area contributed by atoms with E-state index in [1.807, 2.05) is 11.8 Å². The van der Waals surface area contributed by atoms with Crippen molar-refractivity contribution in [3.63, 3.8) is 0 Å². The molecular formula is C21H26N2O4S. The first-order valence-electron chi connectivity index (χ1n) is 9.54. The van der Waals surface area contributed by atoms with Crippen molar-refractivity contribution < 1.29 is 17.9 Å². The van der Waals surface area contributed by atoms with Gasteiger partial charge in [-0.1, -0.05) is 13.0 Å². The standard InChI is InChI=1S/C21H26N2O4S/c1-3-27-19-9-11-20(12-10-19)28(25,26)22-18-8-4-7-17(14-18)21(24)23-13-5-6-16(2)15-23/h4,7-12,14,16,22H,3,5-6,13,15H2,1-2H3. The molecule has 2 aromatic rings. The zero-order valence-corrected chi connectivity index (χ0v) is 17.0. The zero-order valence-electron chi connectivity index (χ0n) is 16.2. The SMILES string of the molecule is CCOc1ccc(S(=O)(=O)Nc2cccc(C(=O)N3CCCC(C)C3)c2)cc1. The Balaban J connectivity index is 1.75. The summed E-state index contributed by atoms with van der Waals surface area (Å²) in [6, 6.07) is 12.9. The van der Waals surface area contributed by atoms with E-state index in [0.29, 0.717) is 29.5 Å². The molecule has 1 N–H and O–H groups in total. The number of anilines is 1. The van der Waals surface area contributed by atoms with Crippen molar-refractivity contribution in [2.45, 2.75) is 31.6 Å². The molecule has 6 nitrogen and oxygen atoms in total. The highest BCUT2D eigenvalue weighted by atomic mass is 32.2. The van der Waals surface area contributed by atoms with E-state index in [2.05, 4.69) is 11.6 Å². The third-order valence-electron chi connectivity index (χ3n) is 4.75. The maximum Gasteiger partial charge on any atom is 0.261 e. The molecular weight excluding hydrogens is 376 g/mol. The van der Waals surface area contributed by atoms with Gasteiger partial charge in [0.2, 0.25) is 0 Å². The fourth-order valence-corrected chi connectivity index (χ4v) is 4.42. The van der Waals surface area contributed by atoms with Gasteiger partial charge in [-0.25, -0.2) is 8.42 Å². The van der Waals surface area contributed by atoms with E-state index in [1.165, 1.54) is 12.1 Å². The summed E-state index contributed by atoms with van der Waals surface area (Å²) in [4.78, 5) is 14.7. The summed E-state index contributed by atoms with van der Waals surface area (Å²) in [6.07, 6.45) is 2.13. The van der Waals surface area contributed by atoms with Crippen LogP contribution in [0, 0.1) is 5.92 Å². The maximum atomic E-state index is 12.8. The van der Waals surface area contributed by atoms with E-state index in [1.54, 1.807) is 36.4 Å². The topological polar surface area (TPSA) is 75.7 Å². The molecule has 1 aliphatic heterocycles. The van der Waals surface area contributed by atoms with Crippen molar-refractivity contribution in [3.8, 4) is 5.75 Å². The van der Waals surface area contributed by atoms with Gasteiger partial charge in [-0.2, -0.15) is 0 Å². The Labute approximate surface area is 166 Å². The number of carbonyl (C=O) groups is 1. The van der Waals surface area contributed by atoms with Crippen LogP contribution in [0.1, 0.15) is 37.0 Å². The number of nitrogens with zero attached hydrogens (tertiary/aromatic N) is 1. The van der Waals surface area contributed by atoms with Crippen molar-refractivity contribution in [3.05, 3.63) is 54.1 Å². The van der Waals surface area contributed by atoms with Crippen LogP contribution in [0.4, 0.5) is 5.69 Å². The summed E-state index contributed by atoms with van der Waals surface area (Å²) >= 11 is 0. The maximum absolute atomic E-state index is 12.8. The molecule has 0 saturated carbocycles. The van der Waals surface area contributed by atoms with Crippen LogP contribution >= 0.6 is 0 Å². The Morgan fingerprint density at radius 3 is 2.64 bits per heavy atom. The van der Waals surface area contributed by atoms with Crippen LogP contribution in [-0.2, 0) is 10.0 Å². The fourth-order valence-electron chi connectivity index (χ4n) is 3.37. The van der Waals surface area contributed by atoms with E-state index in [9.17, 15) is 13.2 Å². The predicted octanol–water partition coefficient (Wildman–Crippen LogP) is 3.76. The molecule has 7 heteroatoms. The lowest BCUT2D eigenvalue weighted by atomic mass is 9.99. The molecule has 1 fully saturated rings.